The number of rotatable bonds is 7. The molecule has 2 unspecified atom stereocenters. The number of esters is 1. The van der Waals surface area contributed by atoms with Crippen molar-refractivity contribution in [3.63, 3.8) is 0 Å². The summed E-state index contributed by atoms with van der Waals surface area (Å²) in [6, 6.07) is 1.08. The first-order valence-corrected chi connectivity index (χ1v) is 9.03. The molecule has 1 aromatic rings. The second kappa shape index (κ2) is 7.42. The summed E-state index contributed by atoms with van der Waals surface area (Å²) in [5, 5.41) is 20.3. The molecule has 5 nitrogen and oxygen atoms in total. The minimum Gasteiger partial charge on any atom is -0.507 e. The SMILES string of the molecule is CCC(C)(C)Cc1c(Cl)c(O)cc(O)c1C(=O)O[C@H](C)CC1OC1C. The molecule has 2 rings (SSSR count). The molecule has 1 fully saturated rings. The third-order valence-electron chi connectivity index (χ3n) is 4.85. The van der Waals surface area contributed by atoms with Crippen LogP contribution in [0.3, 0.4) is 0 Å². The Kier molecular flexibility index (Phi) is 5.89. The molecule has 1 saturated heterocycles. The summed E-state index contributed by atoms with van der Waals surface area (Å²) in [4.78, 5) is 12.7. The summed E-state index contributed by atoms with van der Waals surface area (Å²) in [5.74, 6) is -1.20. The van der Waals surface area contributed by atoms with Crippen molar-refractivity contribution in [2.24, 2.45) is 5.41 Å². The summed E-state index contributed by atoms with van der Waals surface area (Å²) < 4.78 is 10.8. The number of phenolic OH excluding ortho intramolecular Hbond substituents is 2. The van der Waals surface area contributed by atoms with Gasteiger partial charge in [-0.2, -0.15) is 0 Å². The number of hydrogen-bond donors (Lipinski definition) is 2. The van der Waals surface area contributed by atoms with Crippen LogP contribution in [0.4, 0.5) is 0 Å². The zero-order valence-electron chi connectivity index (χ0n) is 15.4. The largest absolute Gasteiger partial charge is 0.507 e. The fourth-order valence-electron chi connectivity index (χ4n) is 2.78. The van der Waals surface area contributed by atoms with Crippen molar-refractivity contribution in [3.8, 4) is 11.5 Å². The van der Waals surface area contributed by atoms with Crippen LogP contribution in [0.5, 0.6) is 11.5 Å². The van der Waals surface area contributed by atoms with Crippen LogP contribution >= 0.6 is 11.6 Å². The number of epoxide rings is 1. The lowest BCUT2D eigenvalue weighted by Crippen LogP contribution is -2.21. The molecule has 0 radical (unpaired) electrons. The van der Waals surface area contributed by atoms with E-state index in [9.17, 15) is 15.0 Å². The lowest BCUT2D eigenvalue weighted by molar-refractivity contribution is 0.0305. The highest BCUT2D eigenvalue weighted by Gasteiger charge is 2.36. The van der Waals surface area contributed by atoms with E-state index in [4.69, 9.17) is 21.1 Å². The number of hydrogen-bond acceptors (Lipinski definition) is 5. The smallest absolute Gasteiger partial charge is 0.342 e. The predicted octanol–water partition coefficient (Wildman–Crippen LogP) is 4.45. The van der Waals surface area contributed by atoms with Gasteiger partial charge in [-0.05, 0) is 31.2 Å². The first kappa shape index (κ1) is 19.9. The van der Waals surface area contributed by atoms with Crippen LogP contribution in [0.15, 0.2) is 6.07 Å². The van der Waals surface area contributed by atoms with Crippen molar-refractivity contribution in [2.45, 2.75) is 72.2 Å². The summed E-state index contributed by atoms with van der Waals surface area (Å²) in [5.41, 5.74) is 0.294. The standard InChI is InChI=1S/C19H27ClO5/c1-6-19(4,5)9-12-16(13(21)8-14(22)17(12)20)18(23)24-10(2)7-15-11(3)25-15/h8,10-11,15,21-22H,6-7,9H2,1-5H3/t10-,11?,15?/m1/s1. The molecule has 0 spiro atoms. The second-order valence-electron chi connectivity index (χ2n) is 7.61. The van der Waals surface area contributed by atoms with Gasteiger partial charge < -0.3 is 19.7 Å². The minimum atomic E-state index is -0.637. The summed E-state index contributed by atoms with van der Waals surface area (Å²) in [7, 11) is 0. The zero-order valence-corrected chi connectivity index (χ0v) is 16.2. The Bertz CT molecular complexity index is 656. The highest BCUT2D eigenvalue weighted by atomic mass is 35.5. The zero-order chi connectivity index (χ0) is 18.9. The van der Waals surface area contributed by atoms with Crippen molar-refractivity contribution in [2.75, 3.05) is 0 Å². The molecule has 140 valence electrons. The van der Waals surface area contributed by atoms with Crippen LogP contribution in [0.25, 0.3) is 0 Å². The lowest BCUT2D eigenvalue weighted by Gasteiger charge is -2.25. The number of carbonyl (C=O) groups is 1. The van der Waals surface area contributed by atoms with E-state index in [0.29, 0.717) is 18.4 Å². The predicted molar refractivity (Wildman–Crippen MR) is 96.4 cm³/mol. The first-order valence-electron chi connectivity index (χ1n) is 8.65. The van der Waals surface area contributed by atoms with E-state index in [1.54, 1.807) is 6.92 Å². The average molecular weight is 371 g/mol. The Labute approximate surface area is 153 Å². The van der Waals surface area contributed by atoms with Gasteiger partial charge in [-0.3, -0.25) is 0 Å². The van der Waals surface area contributed by atoms with Gasteiger partial charge in [0.15, 0.2) is 0 Å². The molecular formula is C19H27ClO5. The Balaban J connectivity index is 2.28. The topological polar surface area (TPSA) is 79.3 Å². The average Bonchev–Trinajstić information content (AvgIpc) is 3.18. The highest BCUT2D eigenvalue weighted by Crippen LogP contribution is 2.40. The van der Waals surface area contributed by atoms with E-state index in [1.165, 1.54) is 0 Å². The number of halogens is 1. The molecular weight excluding hydrogens is 344 g/mol. The monoisotopic (exact) mass is 370 g/mol. The van der Waals surface area contributed by atoms with Crippen LogP contribution in [0, 0.1) is 5.41 Å². The normalized spacial score (nSPS) is 21.0. The number of aromatic hydroxyl groups is 2. The third kappa shape index (κ3) is 4.79. The third-order valence-corrected chi connectivity index (χ3v) is 5.27. The summed E-state index contributed by atoms with van der Waals surface area (Å²) in [6.45, 7) is 9.87. The number of benzene rings is 1. The molecule has 3 atom stereocenters. The number of carbonyl (C=O) groups excluding carboxylic acids is 1. The fraction of sp³-hybridized carbons (Fsp3) is 0.632. The molecule has 1 aliphatic heterocycles. The number of phenols is 2. The second-order valence-corrected chi connectivity index (χ2v) is 7.99. The Morgan fingerprint density at radius 3 is 2.52 bits per heavy atom. The van der Waals surface area contributed by atoms with Gasteiger partial charge in [0.25, 0.3) is 0 Å². The van der Waals surface area contributed by atoms with Crippen LogP contribution in [0.1, 0.15) is 63.4 Å². The van der Waals surface area contributed by atoms with Gasteiger partial charge in [0.2, 0.25) is 0 Å². The van der Waals surface area contributed by atoms with Gasteiger partial charge in [0.1, 0.15) is 23.2 Å². The van der Waals surface area contributed by atoms with E-state index in [0.717, 1.165) is 12.5 Å². The maximum atomic E-state index is 12.7. The van der Waals surface area contributed by atoms with Gasteiger partial charge in [-0.1, -0.05) is 38.8 Å². The van der Waals surface area contributed by atoms with Crippen molar-refractivity contribution < 1.29 is 24.5 Å². The van der Waals surface area contributed by atoms with Gasteiger partial charge in [0.05, 0.1) is 17.2 Å². The first-order chi connectivity index (χ1) is 11.6. The maximum absolute atomic E-state index is 12.7. The van der Waals surface area contributed by atoms with Crippen LogP contribution < -0.4 is 0 Å². The molecule has 0 aliphatic carbocycles. The van der Waals surface area contributed by atoms with E-state index < -0.39 is 5.97 Å². The summed E-state index contributed by atoms with van der Waals surface area (Å²) in [6.07, 6.45) is 1.85. The highest BCUT2D eigenvalue weighted by molar-refractivity contribution is 6.33. The molecule has 25 heavy (non-hydrogen) atoms. The molecule has 1 aliphatic rings. The minimum absolute atomic E-state index is 0.0286. The fourth-order valence-corrected chi connectivity index (χ4v) is 2.99. The lowest BCUT2D eigenvalue weighted by atomic mass is 9.81. The van der Waals surface area contributed by atoms with Crippen molar-refractivity contribution in [1.29, 1.82) is 0 Å². The van der Waals surface area contributed by atoms with Crippen LogP contribution in [0.2, 0.25) is 5.02 Å². The quantitative estimate of drug-likeness (QED) is 0.547. The molecule has 1 aromatic carbocycles. The molecule has 0 bridgehead atoms. The molecule has 0 aromatic heterocycles. The van der Waals surface area contributed by atoms with E-state index in [1.807, 2.05) is 27.7 Å². The molecule has 0 amide bonds. The molecule has 2 N–H and O–H groups in total. The maximum Gasteiger partial charge on any atom is 0.342 e. The van der Waals surface area contributed by atoms with Gasteiger partial charge in [-0.15, -0.1) is 0 Å². The Morgan fingerprint density at radius 1 is 1.40 bits per heavy atom. The van der Waals surface area contributed by atoms with Crippen LogP contribution in [-0.2, 0) is 15.9 Å². The number of ether oxygens (including phenoxy) is 2. The van der Waals surface area contributed by atoms with E-state index in [2.05, 4.69) is 0 Å². The Morgan fingerprint density at radius 2 is 2.00 bits per heavy atom. The van der Waals surface area contributed by atoms with Crippen molar-refractivity contribution in [1.82, 2.24) is 0 Å². The van der Waals surface area contributed by atoms with Crippen molar-refractivity contribution >= 4 is 17.6 Å². The molecule has 6 heteroatoms. The molecule has 0 saturated carbocycles. The van der Waals surface area contributed by atoms with Gasteiger partial charge in [-0.25, -0.2) is 4.79 Å². The van der Waals surface area contributed by atoms with Gasteiger partial charge >= 0.3 is 5.97 Å². The van der Waals surface area contributed by atoms with Crippen LogP contribution in [-0.4, -0.2) is 34.5 Å². The molecule has 1 heterocycles. The van der Waals surface area contributed by atoms with E-state index in [-0.39, 0.29) is 45.8 Å². The van der Waals surface area contributed by atoms with Gasteiger partial charge in [0, 0.05) is 12.5 Å². The summed E-state index contributed by atoms with van der Waals surface area (Å²) >= 11 is 6.24. The Hall–Kier alpha value is -1.46. The van der Waals surface area contributed by atoms with Crippen molar-refractivity contribution in [3.05, 3.63) is 22.2 Å². The van der Waals surface area contributed by atoms with E-state index >= 15 is 0 Å².